The van der Waals surface area contributed by atoms with E-state index in [9.17, 15) is 4.79 Å². The molecule has 0 heterocycles. The molecule has 0 aromatic heterocycles. The van der Waals surface area contributed by atoms with E-state index in [-0.39, 0.29) is 11.9 Å². The van der Waals surface area contributed by atoms with E-state index >= 15 is 0 Å². The van der Waals surface area contributed by atoms with Crippen LogP contribution in [0, 0.1) is 11.3 Å². The molecule has 4 nitrogen and oxygen atoms in total. The average Bonchev–Trinajstić information content (AvgIpc) is 2.43. The van der Waals surface area contributed by atoms with Crippen molar-refractivity contribution < 1.29 is 4.79 Å². The Balaban J connectivity index is 2.38. The van der Waals surface area contributed by atoms with Crippen LogP contribution in [0.1, 0.15) is 49.8 Å². The van der Waals surface area contributed by atoms with Gasteiger partial charge in [-0.25, -0.2) is 0 Å². The van der Waals surface area contributed by atoms with Crippen LogP contribution >= 0.6 is 0 Å². The number of carbonyl (C=O) groups excluding carboxylic acids is 1. The molecule has 0 saturated heterocycles. The summed E-state index contributed by atoms with van der Waals surface area (Å²) in [6.07, 6.45) is 3.39. The molecule has 1 atom stereocenters. The third-order valence-corrected chi connectivity index (χ3v) is 3.03. The van der Waals surface area contributed by atoms with Crippen molar-refractivity contribution in [3.05, 3.63) is 35.4 Å². The molecule has 1 amide bonds. The molecule has 4 heteroatoms. The van der Waals surface area contributed by atoms with Gasteiger partial charge < -0.3 is 11.1 Å². The molecule has 0 fully saturated rings. The number of nitriles is 1. The fourth-order valence-electron chi connectivity index (χ4n) is 1.85. The lowest BCUT2D eigenvalue weighted by Crippen LogP contribution is -2.26. The number of unbranched alkanes of at least 4 members (excludes halogenated alkanes) is 2. The summed E-state index contributed by atoms with van der Waals surface area (Å²) in [5.41, 5.74) is 7.04. The van der Waals surface area contributed by atoms with Crippen LogP contribution in [0.3, 0.4) is 0 Å². The topological polar surface area (TPSA) is 78.9 Å². The average molecular weight is 259 g/mol. The minimum atomic E-state index is -0.0326. The zero-order chi connectivity index (χ0) is 14.1. The summed E-state index contributed by atoms with van der Waals surface area (Å²) < 4.78 is 0. The summed E-state index contributed by atoms with van der Waals surface area (Å²) in [6.45, 7) is 2.63. The van der Waals surface area contributed by atoms with E-state index in [0.29, 0.717) is 18.5 Å². The molecule has 19 heavy (non-hydrogen) atoms. The molecule has 0 radical (unpaired) electrons. The number of benzene rings is 1. The van der Waals surface area contributed by atoms with Gasteiger partial charge in [-0.15, -0.1) is 0 Å². The van der Waals surface area contributed by atoms with Crippen LogP contribution in [0.5, 0.6) is 0 Å². The highest BCUT2D eigenvalue weighted by atomic mass is 16.1. The maximum Gasteiger partial charge on any atom is 0.220 e. The van der Waals surface area contributed by atoms with Gasteiger partial charge in [0.05, 0.1) is 17.7 Å². The predicted molar refractivity (Wildman–Crippen MR) is 75.2 cm³/mol. The maximum atomic E-state index is 11.7. The van der Waals surface area contributed by atoms with E-state index in [2.05, 4.69) is 11.4 Å². The lowest BCUT2D eigenvalue weighted by atomic mass is 10.1. The standard InChI is InChI=1S/C15H21N3O/c1-12(14-8-6-13(11-17)7-9-14)18-15(19)5-3-2-4-10-16/h6-9,12H,2-5,10,16H2,1H3,(H,18,19). The zero-order valence-corrected chi connectivity index (χ0v) is 11.4. The van der Waals surface area contributed by atoms with E-state index in [1.165, 1.54) is 0 Å². The molecular formula is C15H21N3O. The van der Waals surface area contributed by atoms with Crippen LogP contribution in [0.25, 0.3) is 0 Å². The number of hydrogen-bond donors (Lipinski definition) is 2. The molecule has 102 valence electrons. The normalized spacial score (nSPS) is 11.6. The first-order valence-electron chi connectivity index (χ1n) is 6.67. The Kier molecular flexibility index (Phi) is 6.62. The van der Waals surface area contributed by atoms with Crippen molar-refractivity contribution in [3.8, 4) is 6.07 Å². The number of hydrogen-bond acceptors (Lipinski definition) is 3. The van der Waals surface area contributed by atoms with Crippen LogP contribution in [0.2, 0.25) is 0 Å². The predicted octanol–water partition coefficient (Wildman–Crippen LogP) is 2.25. The van der Waals surface area contributed by atoms with Gasteiger partial charge in [-0.2, -0.15) is 5.26 Å². The molecular weight excluding hydrogens is 238 g/mol. The molecule has 1 unspecified atom stereocenters. The van der Waals surface area contributed by atoms with Crippen LogP contribution in [0.4, 0.5) is 0 Å². The second-order valence-corrected chi connectivity index (χ2v) is 4.62. The van der Waals surface area contributed by atoms with Crippen molar-refractivity contribution in [2.45, 2.75) is 38.6 Å². The molecule has 3 N–H and O–H groups in total. The van der Waals surface area contributed by atoms with Gasteiger partial charge >= 0.3 is 0 Å². The monoisotopic (exact) mass is 259 g/mol. The van der Waals surface area contributed by atoms with Crippen LogP contribution in [0.15, 0.2) is 24.3 Å². The Morgan fingerprint density at radius 1 is 1.32 bits per heavy atom. The lowest BCUT2D eigenvalue weighted by Gasteiger charge is -2.14. The number of nitrogens with zero attached hydrogens (tertiary/aromatic N) is 1. The Bertz CT molecular complexity index is 434. The Morgan fingerprint density at radius 3 is 2.58 bits per heavy atom. The molecule has 1 rings (SSSR count). The molecule has 1 aromatic rings. The highest BCUT2D eigenvalue weighted by Crippen LogP contribution is 2.13. The molecule has 0 bridgehead atoms. The summed E-state index contributed by atoms with van der Waals surface area (Å²) in [6, 6.07) is 9.32. The van der Waals surface area contributed by atoms with Gasteiger partial charge in [-0.05, 0) is 44.0 Å². The maximum absolute atomic E-state index is 11.7. The van der Waals surface area contributed by atoms with Crippen molar-refractivity contribution in [1.82, 2.24) is 5.32 Å². The van der Waals surface area contributed by atoms with Gasteiger partial charge in [0.1, 0.15) is 0 Å². The van der Waals surface area contributed by atoms with Crippen molar-refractivity contribution in [3.63, 3.8) is 0 Å². The molecule has 0 aliphatic rings. The summed E-state index contributed by atoms with van der Waals surface area (Å²) in [5.74, 6) is 0.0638. The number of rotatable bonds is 7. The third-order valence-electron chi connectivity index (χ3n) is 3.03. The SMILES string of the molecule is CC(NC(=O)CCCCCN)c1ccc(C#N)cc1. The number of nitrogens with two attached hydrogens (primary N) is 1. The Labute approximate surface area is 114 Å². The molecule has 0 spiro atoms. The zero-order valence-electron chi connectivity index (χ0n) is 11.4. The first-order valence-corrected chi connectivity index (χ1v) is 6.67. The number of carbonyl (C=O) groups is 1. The van der Waals surface area contributed by atoms with Gasteiger partial charge in [0.15, 0.2) is 0 Å². The molecule has 0 saturated carbocycles. The summed E-state index contributed by atoms with van der Waals surface area (Å²) in [5, 5.41) is 11.7. The van der Waals surface area contributed by atoms with Crippen molar-refractivity contribution in [1.29, 1.82) is 5.26 Å². The van der Waals surface area contributed by atoms with Gasteiger partial charge in [0.25, 0.3) is 0 Å². The highest BCUT2D eigenvalue weighted by Gasteiger charge is 2.09. The summed E-state index contributed by atoms with van der Waals surface area (Å²) >= 11 is 0. The van der Waals surface area contributed by atoms with Crippen LogP contribution in [-0.2, 0) is 4.79 Å². The number of nitrogens with one attached hydrogen (secondary N) is 1. The second-order valence-electron chi connectivity index (χ2n) is 4.62. The van der Waals surface area contributed by atoms with Crippen LogP contribution in [-0.4, -0.2) is 12.5 Å². The molecule has 0 aliphatic carbocycles. The van der Waals surface area contributed by atoms with E-state index in [1.54, 1.807) is 12.1 Å². The molecule has 0 aliphatic heterocycles. The minimum absolute atomic E-state index is 0.0326. The van der Waals surface area contributed by atoms with Gasteiger partial charge in [0, 0.05) is 6.42 Å². The molecule has 1 aromatic carbocycles. The van der Waals surface area contributed by atoms with E-state index < -0.39 is 0 Å². The second kappa shape index (κ2) is 8.28. The highest BCUT2D eigenvalue weighted by molar-refractivity contribution is 5.76. The summed E-state index contributed by atoms with van der Waals surface area (Å²) in [4.78, 5) is 11.7. The van der Waals surface area contributed by atoms with Crippen LogP contribution < -0.4 is 11.1 Å². The van der Waals surface area contributed by atoms with E-state index in [0.717, 1.165) is 24.8 Å². The summed E-state index contributed by atoms with van der Waals surface area (Å²) in [7, 11) is 0. The fourth-order valence-corrected chi connectivity index (χ4v) is 1.85. The third kappa shape index (κ3) is 5.54. The van der Waals surface area contributed by atoms with Gasteiger partial charge in [-0.3, -0.25) is 4.79 Å². The quantitative estimate of drug-likeness (QED) is 0.737. The fraction of sp³-hybridized carbons (Fsp3) is 0.467. The first kappa shape index (κ1) is 15.2. The first-order chi connectivity index (χ1) is 9.17. The van der Waals surface area contributed by atoms with Gasteiger partial charge in [0.2, 0.25) is 5.91 Å². The van der Waals surface area contributed by atoms with E-state index in [4.69, 9.17) is 11.0 Å². The minimum Gasteiger partial charge on any atom is -0.350 e. The van der Waals surface area contributed by atoms with Crippen molar-refractivity contribution in [2.24, 2.45) is 5.73 Å². The van der Waals surface area contributed by atoms with Gasteiger partial charge in [-0.1, -0.05) is 18.6 Å². The largest absolute Gasteiger partial charge is 0.350 e. The van der Waals surface area contributed by atoms with Crippen molar-refractivity contribution >= 4 is 5.91 Å². The van der Waals surface area contributed by atoms with Crippen molar-refractivity contribution in [2.75, 3.05) is 6.54 Å². The Hall–Kier alpha value is -1.86. The van der Waals surface area contributed by atoms with E-state index in [1.807, 2.05) is 19.1 Å². The Morgan fingerprint density at radius 2 is 2.00 bits per heavy atom. The smallest absolute Gasteiger partial charge is 0.220 e. The lowest BCUT2D eigenvalue weighted by molar-refractivity contribution is -0.121. The number of amides is 1.